The van der Waals surface area contributed by atoms with E-state index in [0.29, 0.717) is 28.6 Å². The molecule has 10 nitrogen and oxygen atoms in total. The number of likely N-dealkylation sites (N-methyl/N-ethyl adjacent to an activating group) is 1. The Hall–Kier alpha value is -3.74. The first-order chi connectivity index (χ1) is 12.4. The Bertz CT molecular complexity index is 1080. The minimum Gasteiger partial charge on any atom is -0.359 e. The Morgan fingerprint density at radius 2 is 2.23 bits per heavy atom. The summed E-state index contributed by atoms with van der Waals surface area (Å²) in [5.41, 5.74) is 1.23. The van der Waals surface area contributed by atoms with Crippen molar-refractivity contribution in [2.24, 2.45) is 7.05 Å². The summed E-state index contributed by atoms with van der Waals surface area (Å²) >= 11 is 0. The van der Waals surface area contributed by atoms with Gasteiger partial charge in [-0.15, -0.1) is 0 Å². The zero-order valence-electron chi connectivity index (χ0n) is 14.4. The van der Waals surface area contributed by atoms with Crippen LogP contribution in [0.2, 0.25) is 0 Å². The molecule has 3 aromatic rings. The molecule has 2 N–H and O–H groups in total. The molecule has 0 fully saturated rings. The lowest BCUT2D eigenvalue weighted by Gasteiger charge is -2.06. The Balaban J connectivity index is 2.21. The molecule has 0 spiro atoms. The van der Waals surface area contributed by atoms with E-state index in [1.807, 2.05) is 6.07 Å². The van der Waals surface area contributed by atoms with Crippen molar-refractivity contribution in [2.45, 2.75) is 13.3 Å². The van der Waals surface area contributed by atoms with Crippen molar-refractivity contribution in [2.75, 3.05) is 7.05 Å². The van der Waals surface area contributed by atoms with E-state index in [1.54, 1.807) is 31.0 Å². The fourth-order valence-electron chi connectivity index (χ4n) is 2.47. The van der Waals surface area contributed by atoms with Gasteiger partial charge >= 0.3 is 0 Å². The predicted octanol–water partition coefficient (Wildman–Crippen LogP) is -0.175. The highest BCUT2D eigenvalue weighted by Crippen LogP contribution is 2.23. The second kappa shape index (κ2) is 6.64. The third-order valence-electron chi connectivity index (χ3n) is 3.78. The zero-order chi connectivity index (χ0) is 18.8. The number of nitrogens with one attached hydrogen (secondary N) is 2. The highest BCUT2D eigenvalue weighted by Gasteiger charge is 2.19. The van der Waals surface area contributed by atoms with E-state index in [4.69, 9.17) is 5.26 Å². The molecule has 0 bridgehead atoms. The van der Waals surface area contributed by atoms with Crippen LogP contribution in [0.25, 0.3) is 17.1 Å². The number of hydrogen-bond donors (Lipinski definition) is 2. The number of pyridine rings is 1. The fourth-order valence-corrected chi connectivity index (χ4v) is 2.47. The number of carbonyl (C=O) groups is 1. The van der Waals surface area contributed by atoms with Gasteiger partial charge in [-0.2, -0.15) is 15.5 Å². The number of nitrogens with zero attached hydrogens (tertiary/aromatic N) is 6. The summed E-state index contributed by atoms with van der Waals surface area (Å²) in [4.78, 5) is 30.6. The molecule has 3 heterocycles. The normalized spacial score (nSPS) is 10.5. The lowest BCUT2D eigenvalue weighted by Crippen LogP contribution is -2.20. The third kappa shape index (κ3) is 3.10. The standard InChI is InChI=1S/C16H16N8O2/c1-9-12(4-10(6-17)16(26)20-9)15-21-13(5-14(25)18-2)22-24(15)11-7-19-23(3)8-11/h4,7-8H,5H2,1-3H3,(H,18,25)(H,20,26). The molecule has 0 aromatic carbocycles. The Labute approximate surface area is 148 Å². The quantitative estimate of drug-likeness (QED) is 0.669. The van der Waals surface area contributed by atoms with Crippen LogP contribution in [0.4, 0.5) is 0 Å². The van der Waals surface area contributed by atoms with Gasteiger partial charge in [0.05, 0.1) is 18.8 Å². The maximum Gasteiger partial charge on any atom is 0.266 e. The first kappa shape index (κ1) is 17.1. The highest BCUT2D eigenvalue weighted by molar-refractivity contribution is 5.77. The fraction of sp³-hybridized carbons (Fsp3) is 0.250. The van der Waals surface area contributed by atoms with Gasteiger partial charge in [-0.3, -0.25) is 14.3 Å². The summed E-state index contributed by atoms with van der Waals surface area (Å²) in [5, 5.41) is 20.2. The molecular weight excluding hydrogens is 336 g/mol. The number of aromatic amines is 1. The molecule has 0 saturated heterocycles. The molecule has 3 rings (SSSR count). The van der Waals surface area contributed by atoms with Crippen LogP contribution < -0.4 is 10.9 Å². The summed E-state index contributed by atoms with van der Waals surface area (Å²) in [6.07, 6.45) is 3.35. The number of hydrogen-bond acceptors (Lipinski definition) is 6. The second-order valence-electron chi connectivity index (χ2n) is 5.65. The number of rotatable bonds is 4. The summed E-state index contributed by atoms with van der Waals surface area (Å²) in [5.74, 6) is 0.491. The molecule has 1 amide bonds. The smallest absolute Gasteiger partial charge is 0.266 e. The molecule has 3 aromatic heterocycles. The lowest BCUT2D eigenvalue weighted by atomic mass is 10.1. The Morgan fingerprint density at radius 1 is 1.46 bits per heavy atom. The van der Waals surface area contributed by atoms with Crippen molar-refractivity contribution in [1.29, 1.82) is 5.26 Å². The van der Waals surface area contributed by atoms with Crippen LogP contribution in [0.5, 0.6) is 0 Å². The molecular formula is C16H16N8O2. The van der Waals surface area contributed by atoms with Crippen molar-refractivity contribution in [1.82, 2.24) is 34.8 Å². The van der Waals surface area contributed by atoms with E-state index in [2.05, 4.69) is 25.5 Å². The van der Waals surface area contributed by atoms with Crippen LogP contribution in [0.3, 0.4) is 0 Å². The molecule has 0 aliphatic rings. The number of aryl methyl sites for hydroxylation is 2. The van der Waals surface area contributed by atoms with Crippen molar-refractivity contribution in [3.63, 3.8) is 0 Å². The van der Waals surface area contributed by atoms with E-state index in [1.165, 1.54) is 17.8 Å². The molecule has 0 radical (unpaired) electrons. The van der Waals surface area contributed by atoms with Crippen molar-refractivity contribution in [3.8, 4) is 23.1 Å². The number of amides is 1. The van der Waals surface area contributed by atoms with Crippen LogP contribution in [0.15, 0.2) is 23.3 Å². The summed E-state index contributed by atoms with van der Waals surface area (Å²) in [7, 11) is 3.30. The van der Waals surface area contributed by atoms with Crippen LogP contribution in [0, 0.1) is 18.3 Å². The monoisotopic (exact) mass is 352 g/mol. The summed E-state index contributed by atoms with van der Waals surface area (Å²) in [6, 6.07) is 3.33. The average Bonchev–Trinajstić information content (AvgIpc) is 3.21. The first-order valence-corrected chi connectivity index (χ1v) is 7.73. The van der Waals surface area contributed by atoms with Gasteiger partial charge in [-0.05, 0) is 13.0 Å². The molecule has 132 valence electrons. The highest BCUT2D eigenvalue weighted by atomic mass is 16.1. The van der Waals surface area contributed by atoms with Gasteiger partial charge in [0.1, 0.15) is 17.3 Å². The first-order valence-electron chi connectivity index (χ1n) is 7.73. The molecule has 0 aliphatic carbocycles. The topological polar surface area (TPSA) is 134 Å². The van der Waals surface area contributed by atoms with E-state index < -0.39 is 5.56 Å². The predicted molar refractivity (Wildman–Crippen MR) is 91.4 cm³/mol. The summed E-state index contributed by atoms with van der Waals surface area (Å²) in [6.45, 7) is 1.71. The number of carbonyl (C=O) groups excluding carboxylic acids is 1. The van der Waals surface area contributed by atoms with E-state index >= 15 is 0 Å². The van der Waals surface area contributed by atoms with Gasteiger partial charge in [0.2, 0.25) is 5.91 Å². The Morgan fingerprint density at radius 3 is 2.85 bits per heavy atom. The molecule has 0 aliphatic heterocycles. The van der Waals surface area contributed by atoms with Crippen LogP contribution in [-0.2, 0) is 18.3 Å². The van der Waals surface area contributed by atoms with Crippen molar-refractivity contribution in [3.05, 3.63) is 45.9 Å². The van der Waals surface area contributed by atoms with Crippen molar-refractivity contribution < 1.29 is 4.79 Å². The van der Waals surface area contributed by atoms with Crippen LogP contribution >= 0.6 is 0 Å². The third-order valence-corrected chi connectivity index (χ3v) is 3.78. The van der Waals surface area contributed by atoms with E-state index in [0.717, 1.165) is 0 Å². The average molecular weight is 352 g/mol. The second-order valence-corrected chi connectivity index (χ2v) is 5.65. The lowest BCUT2D eigenvalue weighted by molar-refractivity contribution is -0.120. The molecule has 26 heavy (non-hydrogen) atoms. The Kier molecular flexibility index (Phi) is 4.36. The number of H-pyrrole nitrogens is 1. The minimum absolute atomic E-state index is 0.00424. The van der Waals surface area contributed by atoms with Crippen LogP contribution in [-0.4, -0.2) is 42.5 Å². The maximum atomic E-state index is 11.8. The van der Waals surface area contributed by atoms with Gasteiger partial charge in [0.25, 0.3) is 5.56 Å². The van der Waals surface area contributed by atoms with Gasteiger partial charge in [0, 0.05) is 25.4 Å². The molecule has 0 unspecified atom stereocenters. The van der Waals surface area contributed by atoms with E-state index in [9.17, 15) is 9.59 Å². The van der Waals surface area contributed by atoms with Gasteiger partial charge in [-0.25, -0.2) is 9.67 Å². The van der Waals surface area contributed by atoms with Crippen LogP contribution in [0.1, 0.15) is 17.1 Å². The van der Waals surface area contributed by atoms with Gasteiger partial charge in [-0.1, -0.05) is 0 Å². The number of nitriles is 1. The zero-order valence-corrected chi connectivity index (χ0v) is 14.4. The number of aromatic nitrogens is 6. The van der Waals surface area contributed by atoms with Crippen molar-refractivity contribution >= 4 is 5.91 Å². The molecule has 0 atom stereocenters. The minimum atomic E-state index is -0.466. The largest absolute Gasteiger partial charge is 0.359 e. The van der Waals surface area contributed by atoms with E-state index in [-0.39, 0.29) is 17.9 Å². The van der Waals surface area contributed by atoms with Gasteiger partial charge in [0.15, 0.2) is 11.6 Å². The molecule has 0 saturated carbocycles. The summed E-state index contributed by atoms with van der Waals surface area (Å²) < 4.78 is 3.15. The molecule has 10 heteroatoms. The SMILES string of the molecule is CNC(=O)Cc1nc(-c2cc(C#N)c(=O)[nH]c2C)n(-c2cnn(C)c2)n1. The maximum absolute atomic E-state index is 11.8. The van der Waals surface area contributed by atoms with Gasteiger partial charge < -0.3 is 10.3 Å².